The van der Waals surface area contributed by atoms with E-state index in [-0.39, 0.29) is 16.2 Å². The first-order valence-corrected chi connectivity index (χ1v) is 9.81. The van der Waals surface area contributed by atoms with E-state index < -0.39 is 15.7 Å². The molecular formula is C20H18N2O3S. The maximum absolute atomic E-state index is 12.5. The zero-order valence-electron chi connectivity index (χ0n) is 14.2. The van der Waals surface area contributed by atoms with Crippen molar-refractivity contribution >= 4 is 21.6 Å². The molecule has 0 aliphatic rings. The maximum Gasteiger partial charge on any atom is 0.258 e. The number of pyridine rings is 1. The molecular weight excluding hydrogens is 348 g/mol. The van der Waals surface area contributed by atoms with Gasteiger partial charge in [-0.15, -0.1) is 0 Å². The van der Waals surface area contributed by atoms with Crippen molar-refractivity contribution in [2.24, 2.45) is 0 Å². The van der Waals surface area contributed by atoms with Crippen molar-refractivity contribution in [3.8, 4) is 11.1 Å². The molecule has 26 heavy (non-hydrogen) atoms. The average Bonchev–Trinajstić information content (AvgIpc) is 2.69. The van der Waals surface area contributed by atoms with Crippen LogP contribution in [0, 0.1) is 0 Å². The molecule has 0 fully saturated rings. The molecule has 0 spiro atoms. The van der Waals surface area contributed by atoms with Gasteiger partial charge in [-0.3, -0.25) is 4.79 Å². The van der Waals surface area contributed by atoms with Crippen molar-refractivity contribution in [1.29, 1.82) is 0 Å². The number of carbonyl (C=O) groups excluding carboxylic acids is 1. The second-order valence-corrected chi connectivity index (χ2v) is 7.90. The molecule has 0 aliphatic carbocycles. The highest BCUT2D eigenvalue weighted by Crippen LogP contribution is 2.21. The normalized spacial score (nSPS) is 11.1. The van der Waals surface area contributed by atoms with Crippen molar-refractivity contribution in [2.75, 3.05) is 11.1 Å². The van der Waals surface area contributed by atoms with Crippen LogP contribution in [0.4, 0.5) is 5.82 Å². The Balaban J connectivity index is 1.83. The van der Waals surface area contributed by atoms with Crippen LogP contribution in [0.15, 0.2) is 77.8 Å². The molecule has 1 heterocycles. The van der Waals surface area contributed by atoms with Gasteiger partial charge in [0.1, 0.15) is 5.82 Å². The van der Waals surface area contributed by atoms with Gasteiger partial charge in [0.15, 0.2) is 9.84 Å². The minimum atomic E-state index is -3.49. The molecule has 132 valence electrons. The Bertz CT molecular complexity index is 1010. The van der Waals surface area contributed by atoms with Gasteiger partial charge in [0.2, 0.25) is 0 Å². The lowest BCUT2D eigenvalue weighted by Crippen LogP contribution is -2.17. The maximum atomic E-state index is 12.5. The van der Waals surface area contributed by atoms with E-state index >= 15 is 0 Å². The molecule has 0 saturated heterocycles. The van der Waals surface area contributed by atoms with Crippen LogP contribution in [0.3, 0.4) is 0 Å². The molecule has 1 N–H and O–H groups in total. The van der Waals surface area contributed by atoms with Crippen molar-refractivity contribution in [3.05, 3.63) is 78.5 Å². The monoisotopic (exact) mass is 366 g/mol. The number of hydrogen-bond donors (Lipinski definition) is 1. The smallest absolute Gasteiger partial charge is 0.258 e. The summed E-state index contributed by atoms with van der Waals surface area (Å²) in [6.07, 6.45) is 1.67. The van der Waals surface area contributed by atoms with Gasteiger partial charge in [0.25, 0.3) is 5.91 Å². The Morgan fingerprint density at radius 1 is 0.923 bits per heavy atom. The van der Waals surface area contributed by atoms with E-state index in [4.69, 9.17) is 0 Å². The molecule has 0 atom stereocenters. The van der Waals surface area contributed by atoms with Crippen molar-refractivity contribution in [3.63, 3.8) is 0 Å². The van der Waals surface area contributed by atoms with E-state index in [1.165, 1.54) is 12.1 Å². The van der Waals surface area contributed by atoms with Gasteiger partial charge in [-0.25, -0.2) is 13.4 Å². The van der Waals surface area contributed by atoms with Crippen LogP contribution in [0.2, 0.25) is 0 Å². The van der Waals surface area contributed by atoms with Crippen LogP contribution in [-0.4, -0.2) is 25.1 Å². The number of anilines is 1. The third-order valence-corrected chi connectivity index (χ3v) is 5.75. The van der Waals surface area contributed by atoms with Gasteiger partial charge in [-0.1, -0.05) is 49.4 Å². The van der Waals surface area contributed by atoms with Gasteiger partial charge in [-0.2, -0.15) is 0 Å². The van der Waals surface area contributed by atoms with Gasteiger partial charge in [0.05, 0.1) is 16.2 Å². The topological polar surface area (TPSA) is 76.1 Å². The molecule has 0 saturated carbocycles. The minimum absolute atomic E-state index is 0.0286. The number of benzene rings is 2. The van der Waals surface area contributed by atoms with Crippen LogP contribution < -0.4 is 5.32 Å². The van der Waals surface area contributed by atoms with E-state index in [1.807, 2.05) is 36.4 Å². The number of hydrogen-bond acceptors (Lipinski definition) is 4. The average molecular weight is 366 g/mol. The Kier molecular flexibility index (Phi) is 5.14. The summed E-state index contributed by atoms with van der Waals surface area (Å²) in [7, 11) is -3.49. The molecule has 6 heteroatoms. The molecule has 0 bridgehead atoms. The standard InChI is InChI=1S/C20H18N2O3S/c1-2-26(24,25)18-11-7-6-10-17(18)20(23)22-19-13-12-16(14-21-19)15-8-4-3-5-9-15/h3-14H,2H2,1H3,(H,21,22,23). The van der Waals surface area contributed by atoms with Crippen LogP contribution in [-0.2, 0) is 9.84 Å². The van der Waals surface area contributed by atoms with Crippen LogP contribution in [0.25, 0.3) is 11.1 Å². The highest BCUT2D eigenvalue weighted by atomic mass is 32.2. The fourth-order valence-electron chi connectivity index (χ4n) is 2.53. The van der Waals surface area contributed by atoms with Gasteiger partial charge in [0, 0.05) is 11.8 Å². The summed E-state index contributed by atoms with van der Waals surface area (Å²) in [4.78, 5) is 16.8. The van der Waals surface area contributed by atoms with Crippen molar-refractivity contribution < 1.29 is 13.2 Å². The number of sulfone groups is 1. The summed E-state index contributed by atoms with van der Waals surface area (Å²) in [5.41, 5.74) is 2.07. The third-order valence-electron chi connectivity index (χ3n) is 3.96. The zero-order valence-corrected chi connectivity index (χ0v) is 15.0. The Labute approximate surface area is 152 Å². The fourth-order valence-corrected chi connectivity index (χ4v) is 3.63. The van der Waals surface area contributed by atoms with Crippen LogP contribution >= 0.6 is 0 Å². The minimum Gasteiger partial charge on any atom is -0.307 e. The van der Waals surface area contributed by atoms with Gasteiger partial charge < -0.3 is 5.32 Å². The van der Waals surface area contributed by atoms with Crippen molar-refractivity contribution in [2.45, 2.75) is 11.8 Å². The van der Waals surface area contributed by atoms with E-state index in [2.05, 4.69) is 10.3 Å². The first-order chi connectivity index (χ1) is 12.5. The van der Waals surface area contributed by atoms with Gasteiger partial charge >= 0.3 is 0 Å². The Hall–Kier alpha value is -2.99. The number of nitrogens with one attached hydrogen (secondary N) is 1. The molecule has 2 aromatic carbocycles. The highest BCUT2D eigenvalue weighted by molar-refractivity contribution is 7.91. The lowest BCUT2D eigenvalue weighted by atomic mass is 10.1. The SMILES string of the molecule is CCS(=O)(=O)c1ccccc1C(=O)Nc1ccc(-c2ccccc2)cn1. The van der Waals surface area contributed by atoms with Crippen molar-refractivity contribution in [1.82, 2.24) is 4.98 Å². The first kappa shape index (κ1) is 17.8. The van der Waals surface area contributed by atoms with E-state index in [0.717, 1.165) is 11.1 Å². The number of rotatable bonds is 5. The predicted octanol–water partition coefficient (Wildman–Crippen LogP) is 3.79. The summed E-state index contributed by atoms with van der Waals surface area (Å²) in [6, 6.07) is 19.5. The second-order valence-electron chi connectivity index (χ2n) is 5.65. The lowest BCUT2D eigenvalue weighted by Gasteiger charge is -2.10. The molecule has 0 aliphatic heterocycles. The van der Waals surface area contributed by atoms with Gasteiger partial charge in [-0.05, 0) is 29.8 Å². The summed E-state index contributed by atoms with van der Waals surface area (Å²) < 4.78 is 24.4. The highest BCUT2D eigenvalue weighted by Gasteiger charge is 2.20. The second kappa shape index (κ2) is 7.49. The third kappa shape index (κ3) is 3.81. The zero-order chi connectivity index (χ0) is 18.6. The number of aromatic nitrogens is 1. The molecule has 1 aromatic heterocycles. The quantitative estimate of drug-likeness (QED) is 0.745. The number of nitrogens with zero attached hydrogens (tertiary/aromatic N) is 1. The van der Waals surface area contributed by atoms with E-state index in [9.17, 15) is 13.2 Å². The molecule has 0 unspecified atom stereocenters. The largest absolute Gasteiger partial charge is 0.307 e. The fraction of sp³-hybridized carbons (Fsp3) is 0.100. The number of amides is 1. The predicted molar refractivity (Wildman–Crippen MR) is 102 cm³/mol. The molecule has 1 amide bonds. The lowest BCUT2D eigenvalue weighted by molar-refractivity contribution is 0.102. The summed E-state index contributed by atoms with van der Waals surface area (Å²) >= 11 is 0. The summed E-state index contributed by atoms with van der Waals surface area (Å²) in [5.74, 6) is -0.211. The molecule has 5 nitrogen and oxygen atoms in total. The summed E-state index contributed by atoms with van der Waals surface area (Å²) in [5, 5.41) is 2.66. The van der Waals surface area contributed by atoms with Crippen LogP contribution in [0.1, 0.15) is 17.3 Å². The summed E-state index contributed by atoms with van der Waals surface area (Å²) in [6.45, 7) is 1.55. The Morgan fingerprint density at radius 2 is 1.62 bits per heavy atom. The number of carbonyl (C=O) groups is 1. The molecule has 3 rings (SSSR count). The van der Waals surface area contributed by atoms with Crippen LogP contribution in [0.5, 0.6) is 0 Å². The van der Waals surface area contributed by atoms with E-state index in [0.29, 0.717) is 5.82 Å². The molecule has 3 aromatic rings. The Morgan fingerprint density at radius 3 is 2.27 bits per heavy atom. The van der Waals surface area contributed by atoms with E-state index in [1.54, 1.807) is 31.3 Å². The molecule has 0 radical (unpaired) electrons. The first-order valence-electron chi connectivity index (χ1n) is 8.16.